The van der Waals surface area contributed by atoms with E-state index in [0.29, 0.717) is 5.76 Å². The molecule has 0 fully saturated rings. The molecule has 0 saturated heterocycles. The van der Waals surface area contributed by atoms with Crippen LogP contribution in [-0.2, 0) is 12.7 Å². The van der Waals surface area contributed by atoms with Gasteiger partial charge in [-0.15, -0.1) is 0 Å². The Kier molecular flexibility index (Phi) is 3.32. The average molecular weight is 272 g/mol. The van der Waals surface area contributed by atoms with E-state index in [9.17, 15) is 13.2 Å². The number of nitrogen functional groups attached to an aromatic ring is 1. The second-order valence-corrected chi connectivity index (χ2v) is 3.91. The average Bonchev–Trinajstić information content (AvgIpc) is 2.79. The summed E-state index contributed by atoms with van der Waals surface area (Å²) < 4.78 is 42.8. The number of furan rings is 1. The predicted molar refractivity (Wildman–Crippen MR) is 62.3 cm³/mol. The molecule has 0 atom stereocenters. The van der Waals surface area contributed by atoms with Crippen LogP contribution >= 0.6 is 0 Å². The first-order valence-corrected chi connectivity index (χ1v) is 5.31. The minimum atomic E-state index is -4.63. The van der Waals surface area contributed by atoms with E-state index >= 15 is 0 Å². The zero-order valence-electron chi connectivity index (χ0n) is 9.98. The van der Waals surface area contributed by atoms with Gasteiger partial charge >= 0.3 is 6.18 Å². The third-order valence-electron chi connectivity index (χ3n) is 2.35. The molecule has 2 aromatic rings. The molecule has 0 spiro atoms. The first-order valence-electron chi connectivity index (χ1n) is 5.31. The van der Waals surface area contributed by atoms with E-state index in [1.165, 1.54) is 17.2 Å². The SMILES string of the molecule is CN(Cc1ccco1)c1cc(N)nc(C(F)(F)F)n1. The summed E-state index contributed by atoms with van der Waals surface area (Å²) in [6.45, 7) is 0.279. The minimum absolute atomic E-state index is 0.0798. The Bertz CT molecular complexity index is 554. The molecule has 2 rings (SSSR count). The van der Waals surface area contributed by atoms with Crippen LogP contribution in [0.3, 0.4) is 0 Å². The summed E-state index contributed by atoms with van der Waals surface area (Å²) >= 11 is 0. The van der Waals surface area contributed by atoms with Gasteiger partial charge in [0.25, 0.3) is 0 Å². The summed E-state index contributed by atoms with van der Waals surface area (Å²) in [6.07, 6.45) is -3.14. The largest absolute Gasteiger partial charge is 0.467 e. The number of rotatable bonds is 3. The third kappa shape index (κ3) is 3.15. The van der Waals surface area contributed by atoms with Crippen molar-refractivity contribution in [2.75, 3.05) is 17.7 Å². The summed E-state index contributed by atoms with van der Waals surface area (Å²) in [7, 11) is 1.59. The quantitative estimate of drug-likeness (QED) is 0.928. The van der Waals surface area contributed by atoms with E-state index in [1.54, 1.807) is 19.2 Å². The Morgan fingerprint density at radius 1 is 1.37 bits per heavy atom. The smallest absolute Gasteiger partial charge is 0.451 e. The van der Waals surface area contributed by atoms with Gasteiger partial charge in [0.15, 0.2) is 0 Å². The van der Waals surface area contributed by atoms with Gasteiger partial charge in [-0.2, -0.15) is 13.2 Å². The summed E-state index contributed by atoms with van der Waals surface area (Å²) in [5, 5.41) is 0. The van der Waals surface area contributed by atoms with Gasteiger partial charge in [-0.1, -0.05) is 0 Å². The van der Waals surface area contributed by atoms with Crippen LogP contribution in [0.1, 0.15) is 11.6 Å². The lowest BCUT2D eigenvalue weighted by molar-refractivity contribution is -0.144. The Morgan fingerprint density at radius 2 is 2.11 bits per heavy atom. The fraction of sp³-hybridized carbons (Fsp3) is 0.273. The first-order chi connectivity index (χ1) is 8.86. The fourth-order valence-electron chi connectivity index (χ4n) is 1.49. The van der Waals surface area contributed by atoms with E-state index in [2.05, 4.69) is 9.97 Å². The Morgan fingerprint density at radius 3 is 2.68 bits per heavy atom. The lowest BCUT2D eigenvalue weighted by Gasteiger charge is -2.18. The van der Waals surface area contributed by atoms with Crippen molar-refractivity contribution < 1.29 is 17.6 Å². The van der Waals surface area contributed by atoms with Gasteiger partial charge in [0.2, 0.25) is 5.82 Å². The van der Waals surface area contributed by atoms with Crippen molar-refractivity contribution in [3.8, 4) is 0 Å². The summed E-state index contributed by atoms with van der Waals surface area (Å²) in [5.41, 5.74) is 5.37. The van der Waals surface area contributed by atoms with Gasteiger partial charge in [0.05, 0.1) is 12.8 Å². The molecule has 0 unspecified atom stereocenters. The van der Waals surface area contributed by atoms with Crippen molar-refractivity contribution in [3.05, 3.63) is 36.0 Å². The number of nitrogens with two attached hydrogens (primary N) is 1. The third-order valence-corrected chi connectivity index (χ3v) is 2.35. The van der Waals surface area contributed by atoms with Crippen LogP contribution in [0.5, 0.6) is 0 Å². The molecule has 2 heterocycles. The molecule has 0 radical (unpaired) electrons. The van der Waals surface area contributed by atoms with E-state index < -0.39 is 12.0 Å². The molecule has 0 aliphatic rings. The van der Waals surface area contributed by atoms with Gasteiger partial charge in [-0.05, 0) is 12.1 Å². The number of aromatic nitrogens is 2. The highest BCUT2D eigenvalue weighted by molar-refractivity contribution is 5.46. The lowest BCUT2D eigenvalue weighted by atomic mass is 10.4. The molecule has 0 aromatic carbocycles. The van der Waals surface area contributed by atoms with Gasteiger partial charge in [0.1, 0.15) is 17.4 Å². The maximum Gasteiger partial charge on any atom is 0.451 e. The standard InChI is InChI=1S/C11H11F3N4O/c1-18(6-7-3-2-4-19-7)9-5-8(15)16-10(17-9)11(12,13)14/h2-5H,6H2,1H3,(H2,15,16,17). The Labute approximate surface area is 106 Å². The Balaban J connectivity index is 2.26. The topological polar surface area (TPSA) is 68.2 Å². The molecule has 8 heteroatoms. The van der Waals surface area contributed by atoms with E-state index in [0.717, 1.165) is 0 Å². The van der Waals surface area contributed by atoms with Crippen LogP contribution in [0, 0.1) is 0 Å². The Hall–Kier alpha value is -2.25. The van der Waals surface area contributed by atoms with Crippen LogP contribution < -0.4 is 10.6 Å². The van der Waals surface area contributed by atoms with Gasteiger partial charge in [-0.25, -0.2) is 9.97 Å². The lowest BCUT2D eigenvalue weighted by Crippen LogP contribution is -2.21. The van der Waals surface area contributed by atoms with Gasteiger partial charge in [-0.3, -0.25) is 0 Å². The van der Waals surface area contributed by atoms with Crippen molar-refractivity contribution in [2.45, 2.75) is 12.7 Å². The van der Waals surface area contributed by atoms with Crippen LogP contribution in [0.2, 0.25) is 0 Å². The number of hydrogen-bond donors (Lipinski definition) is 1. The van der Waals surface area contributed by atoms with Crippen molar-refractivity contribution in [2.24, 2.45) is 0 Å². The van der Waals surface area contributed by atoms with E-state index in [-0.39, 0.29) is 18.2 Å². The number of nitrogens with zero attached hydrogens (tertiary/aromatic N) is 3. The van der Waals surface area contributed by atoms with Crippen LogP contribution in [-0.4, -0.2) is 17.0 Å². The first kappa shape index (κ1) is 13.2. The highest BCUT2D eigenvalue weighted by atomic mass is 19.4. The van der Waals surface area contributed by atoms with Crippen molar-refractivity contribution in [1.29, 1.82) is 0 Å². The van der Waals surface area contributed by atoms with Gasteiger partial charge < -0.3 is 15.1 Å². The molecule has 19 heavy (non-hydrogen) atoms. The van der Waals surface area contributed by atoms with Gasteiger partial charge in [0, 0.05) is 13.1 Å². The number of hydrogen-bond acceptors (Lipinski definition) is 5. The van der Waals surface area contributed by atoms with Crippen LogP contribution in [0.4, 0.5) is 24.8 Å². The zero-order valence-corrected chi connectivity index (χ0v) is 9.98. The summed E-state index contributed by atoms with van der Waals surface area (Å²) in [4.78, 5) is 8.12. The molecular formula is C11H11F3N4O. The molecule has 102 valence electrons. The number of alkyl halides is 3. The van der Waals surface area contributed by atoms with E-state index in [4.69, 9.17) is 10.2 Å². The summed E-state index contributed by atoms with van der Waals surface area (Å²) in [6, 6.07) is 4.68. The molecule has 2 N–H and O–H groups in total. The molecule has 2 aromatic heterocycles. The normalized spacial score (nSPS) is 11.6. The maximum atomic E-state index is 12.6. The molecule has 0 bridgehead atoms. The highest BCUT2D eigenvalue weighted by Crippen LogP contribution is 2.28. The second kappa shape index (κ2) is 4.79. The van der Waals surface area contributed by atoms with Crippen molar-refractivity contribution in [1.82, 2.24) is 9.97 Å². The minimum Gasteiger partial charge on any atom is -0.467 e. The highest BCUT2D eigenvalue weighted by Gasteiger charge is 2.35. The fourth-order valence-corrected chi connectivity index (χ4v) is 1.49. The molecule has 0 aliphatic carbocycles. The monoisotopic (exact) mass is 272 g/mol. The summed E-state index contributed by atoms with van der Waals surface area (Å²) in [5.74, 6) is -0.804. The number of anilines is 2. The van der Waals surface area contributed by atoms with Crippen LogP contribution in [0.25, 0.3) is 0 Å². The van der Waals surface area contributed by atoms with E-state index in [1.807, 2.05) is 0 Å². The van der Waals surface area contributed by atoms with Crippen molar-refractivity contribution in [3.63, 3.8) is 0 Å². The second-order valence-electron chi connectivity index (χ2n) is 3.91. The molecule has 0 saturated carbocycles. The number of halogens is 3. The molecule has 0 aliphatic heterocycles. The predicted octanol–water partition coefficient (Wildman–Crippen LogP) is 2.31. The molecule has 0 amide bonds. The maximum absolute atomic E-state index is 12.6. The van der Waals surface area contributed by atoms with Crippen molar-refractivity contribution >= 4 is 11.6 Å². The molecule has 5 nitrogen and oxygen atoms in total. The molecular weight excluding hydrogens is 261 g/mol. The van der Waals surface area contributed by atoms with Crippen LogP contribution in [0.15, 0.2) is 28.9 Å². The zero-order chi connectivity index (χ0) is 14.0.